The maximum absolute atomic E-state index is 13.2. The van der Waals surface area contributed by atoms with Crippen molar-refractivity contribution in [1.82, 2.24) is 15.2 Å². The molecule has 2 aromatic carbocycles. The van der Waals surface area contributed by atoms with Crippen molar-refractivity contribution < 1.29 is 14.3 Å². The summed E-state index contributed by atoms with van der Waals surface area (Å²) in [5, 5.41) is 4.83. The Hall–Kier alpha value is -3.41. The van der Waals surface area contributed by atoms with E-state index in [2.05, 4.69) is 10.3 Å². The van der Waals surface area contributed by atoms with Gasteiger partial charge in [0.25, 0.3) is 11.8 Å². The molecular formula is C24H25N3O3. The first-order valence-corrected chi connectivity index (χ1v) is 10.2. The largest absolute Gasteiger partial charge is 0.483 e. The number of hydrogen-bond acceptors (Lipinski definition) is 4. The standard InChI is InChI=1S/C24H25N3O3/c1-27(13-10-17-8-11-25-12-9-17)24(29)21-14-18-4-2-3-5-19(18)15-22(21)30-16-23(28)26-20-6-7-20/h2-5,8-9,11-12,14-15,20H,6-7,10,13,16H2,1H3,(H,26,28). The van der Waals surface area contributed by atoms with Crippen molar-refractivity contribution in [3.8, 4) is 5.75 Å². The lowest BCUT2D eigenvalue weighted by atomic mass is 10.0. The van der Waals surface area contributed by atoms with Crippen LogP contribution in [0.2, 0.25) is 0 Å². The van der Waals surface area contributed by atoms with Gasteiger partial charge in [0, 0.05) is 32.0 Å². The van der Waals surface area contributed by atoms with Crippen LogP contribution in [0.25, 0.3) is 10.8 Å². The Labute approximate surface area is 175 Å². The quantitative estimate of drug-likeness (QED) is 0.627. The highest BCUT2D eigenvalue weighted by Crippen LogP contribution is 2.27. The van der Waals surface area contributed by atoms with E-state index in [0.717, 1.165) is 35.6 Å². The number of likely N-dealkylation sites (N-methyl/N-ethyl adjacent to an activating group) is 1. The fraction of sp³-hybridized carbons (Fsp3) is 0.292. The van der Waals surface area contributed by atoms with E-state index >= 15 is 0 Å². The maximum Gasteiger partial charge on any atom is 0.258 e. The smallest absolute Gasteiger partial charge is 0.258 e. The molecule has 0 saturated heterocycles. The summed E-state index contributed by atoms with van der Waals surface area (Å²) < 4.78 is 5.80. The number of benzene rings is 2. The molecule has 6 heteroatoms. The second kappa shape index (κ2) is 8.95. The van der Waals surface area contributed by atoms with Crippen LogP contribution >= 0.6 is 0 Å². The zero-order chi connectivity index (χ0) is 20.9. The predicted molar refractivity (Wildman–Crippen MR) is 116 cm³/mol. The molecule has 30 heavy (non-hydrogen) atoms. The molecule has 0 atom stereocenters. The number of ether oxygens (including phenoxy) is 1. The number of carbonyl (C=O) groups excluding carboxylic acids is 2. The number of nitrogens with one attached hydrogen (secondary N) is 1. The van der Waals surface area contributed by atoms with Crippen LogP contribution in [0.3, 0.4) is 0 Å². The third-order valence-corrected chi connectivity index (χ3v) is 5.21. The number of fused-ring (bicyclic) bond motifs is 1. The van der Waals surface area contributed by atoms with E-state index in [-0.39, 0.29) is 24.5 Å². The summed E-state index contributed by atoms with van der Waals surface area (Å²) in [7, 11) is 1.78. The van der Waals surface area contributed by atoms with E-state index in [0.29, 0.717) is 17.9 Å². The third-order valence-electron chi connectivity index (χ3n) is 5.21. The zero-order valence-corrected chi connectivity index (χ0v) is 17.0. The summed E-state index contributed by atoms with van der Waals surface area (Å²) in [5.41, 5.74) is 1.58. The Balaban J connectivity index is 1.52. The summed E-state index contributed by atoms with van der Waals surface area (Å²) in [6, 6.07) is 15.7. The first-order chi connectivity index (χ1) is 14.6. The number of rotatable bonds is 8. The maximum atomic E-state index is 13.2. The molecule has 1 saturated carbocycles. The highest BCUT2D eigenvalue weighted by molar-refractivity contribution is 6.01. The molecule has 154 valence electrons. The Morgan fingerprint density at radius 2 is 1.80 bits per heavy atom. The first kappa shape index (κ1) is 19.9. The number of carbonyl (C=O) groups is 2. The van der Waals surface area contributed by atoms with Gasteiger partial charge in [-0.05, 0) is 59.9 Å². The van der Waals surface area contributed by atoms with Crippen molar-refractivity contribution in [2.24, 2.45) is 0 Å². The van der Waals surface area contributed by atoms with Gasteiger partial charge in [0.15, 0.2) is 6.61 Å². The third kappa shape index (κ3) is 4.95. The van der Waals surface area contributed by atoms with Gasteiger partial charge in [-0.15, -0.1) is 0 Å². The number of amides is 2. The minimum absolute atomic E-state index is 0.101. The number of hydrogen-bond donors (Lipinski definition) is 1. The lowest BCUT2D eigenvalue weighted by Gasteiger charge is -2.20. The molecule has 2 amide bonds. The average molecular weight is 403 g/mol. The zero-order valence-electron chi connectivity index (χ0n) is 17.0. The monoisotopic (exact) mass is 403 g/mol. The van der Waals surface area contributed by atoms with Crippen LogP contribution in [0, 0.1) is 0 Å². The molecule has 1 N–H and O–H groups in total. The van der Waals surface area contributed by atoms with Crippen LogP contribution in [-0.2, 0) is 11.2 Å². The van der Waals surface area contributed by atoms with E-state index in [9.17, 15) is 9.59 Å². The molecule has 1 aliphatic rings. The molecule has 0 unspecified atom stereocenters. The van der Waals surface area contributed by atoms with Gasteiger partial charge in [-0.2, -0.15) is 0 Å². The van der Waals surface area contributed by atoms with E-state index < -0.39 is 0 Å². The lowest BCUT2D eigenvalue weighted by molar-refractivity contribution is -0.123. The lowest BCUT2D eigenvalue weighted by Crippen LogP contribution is -2.32. The van der Waals surface area contributed by atoms with Gasteiger partial charge in [-0.1, -0.05) is 24.3 Å². The minimum atomic E-state index is -0.157. The van der Waals surface area contributed by atoms with Gasteiger partial charge in [-0.3, -0.25) is 14.6 Å². The summed E-state index contributed by atoms with van der Waals surface area (Å²) in [5.74, 6) is 0.142. The van der Waals surface area contributed by atoms with Crippen LogP contribution in [0.5, 0.6) is 5.75 Å². The normalized spacial score (nSPS) is 13.1. The van der Waals surface area contributed by atoms with Gasteiger partial charge in [0.2, 0.25) is 0 Å². The predicted octanol–water partition coefficient (Wildman–Crippen LogP) is 3.21. The molecule has 3 aromatic rings. The molecule has 0 spiro atoms. The van der Waals surface area contributed by atoms with Crippen molar-refractivity contribution in [3.63, 3.8) is 0 Å². The molecule has 1 aromatic heterocycles. The fourth-order valence-corrected chi connectivity index (χ4v) is 3.30. The molecule has 0 bridgehead atoms. The Kier molecular flexibility index (Phi) is 5.93. The van der Waals surface area contributed by atoms with E-state index in [4.69, 9.17) is 4.74 Å². The summed E-state index contributed by atoms with van der Waals surface area (Å²) in [6.07, 6.45) is 6.28. The summed E-state index contributed by atoms with van der Waals surface area (Å²) in [6.45, 7) is 0.465. The van der Waals surface area contributed by atoms with Crippen LogP contribution in [-0.4, -0.2) is 47.9 Å². The Morgan fingerprint density at radius 3 is 2.50 bits per heavy atom. The highest BCUT2D eigenvalue weighted by atomic mass is 16.5. The first-order valence-electron chi connectivity index (χ1n) is 10.2. The van der Waals surface area contributed by atoms with Crippen LogP contribution in [0.15, 0.2) is 60.9 Å². The fourth-order valence-electron chi connectivity index (χ4n) is 3.30. The van der Waals surface area contributed by atoms with E-state index in [1.165, 1.54) is 0 Å². The molecule has 0 aliphatic heterocycles. The van der Waals surface area contributed by atoms with Crippen LogP contribution < -0.4 is 10.1 Å². The second-order valence-electron chi connectivity index (χ2n) is 7.66. The van der Waals surface area contributed by atoms with Gasteiger partial charge < -0.3 is 15.0 Å². The van der Waals surface area contributed by atoms with Crippen molar-refractivity contribution >= 4 is 22.6 Å². The van der Waals surface area contributed by atoms with Crippen molar-refractivity contribution in [3.05, 3.63) is 72.1 Å². The molecule has 6 nitrogen and oxygen atoms in total. The van der Waals surface area contributed by atoms with Crippen LogP contribution in [0.4, 0.5) is 0 Å². The molecular weight excluding hydrogens is 378 g/mol. The van der Waals surface area contributed by atoms with E-state index in [1.54, 1.807) is 24.3 Å². The van der Waals surface area contributed by atoms with Gasteiger partial charge >= 0.3 is 0 Å². The van der Waals surface area contributed by atoms with Crippen LogP contribution in [0.1, 0.15) is 28.8 Å². The Morgan fingerprint density at radius 1 is 1.10 bits per heavy atom. The van der Waals surface area contributed by atoms with Gasteiger partial charge in [0.1, 0.15) is 5.75 Å². The minimum Gasteiger partial charge on any atom is -0.483 e. The van der Waals surface area contributed by atoms with E-state index in [1.807, 2.05) is 48.5 Å². The molecule has 0 radical (unpaired) electrons. The summed E-state index contributed by atoms with van der Waals surface area (Å²) in [4.78, 5) is 31.0. The molecule has 1 fully saturated rings. The SMILES string of the molecule is CN(CCc1ccncc1)C(=O)c1cc2ccccc2cc1OCC(=O)NC1CC1. The number of aromatic nitrogens is 1. The highest BCUT2D eigenvalue weighted by Gasteiger charge is 2.24. The summed E-state index contributed by atoms with van der Waals surface area (Å²) >= 11 is 0. The topological polar surface area (TPSA) is 71.5 Å². The molecule has 4 rings (SSSR count). The molecule has 1 aliphatic carbocycles. The van der Waals surface area contributed by atoms with Gasteiger partial charge in [0.05, 0.1) is 5.56 Å². The number of nitrogens with zero attached hydrogens (tertiary/aromatic N) is 2. The van der Waals surface area contributed by atoms with Gasteiger partial charge in [-0.25, -0.2) is 0 Å². The average Bonchev–Trinajstić information content (AvgIpc) is 3.59. The van der Waals surface area contributed by atoms with Crippen molar-refractivity contribution in [1.29, 1.82) is 0 Å². The number of pyridine rings is 1. The second-order valence-corrected chi connectivity index (χ2v) is 7.66. The van der Waals surface area contributed by atoms with Crippen molar-refractivity contribution in [2.75, 3.05) is 20.2 Å². The Bertz CT molecular complexity index is 1050. The van der Waals surface area contributed by atoms with Crippen molar-refractivity contribution in [2.45, 2.75) is 25.3 Å². The molecule has 1 heterocycles.